The highest BCUT2D eigenvalue weighted by Gasteiger charge is 2.17. The van der Waals surface area contributed by atoms with Gasteiger partial charge in [-0.1, -0.05) is 17.8 Å². The van der Waals surface area contributed by atoms with Crippen LogP contribution in [0.5, 0.6) is 11.5 Å². The summed E-state index contributed by atoms with van der Waals surface area (Å²) in [4.78, 5) is 13.2. The highest BCUT2D eigenvalue weighted by atomic mass is 32.2. The molecule has 0 aliphatic carbocycles. The van der Waals surface area contributed by atoms with Gasteiger partial charge in [0.2, 0.25) is 18.6 Å². The molecule has 1 aliphatic rings. The Labute approximate surface area is 157 Å². The van der Waals surface area contributed by atoms with Gasteiger partial charge in [-0.2, -0.15) is 0 Å². The van der Waals surface area contributed by atoms with E-state index in [2.05, 4.69) is 15.5 Å². The first kappa shape index (κ1) is 16.9. The van der Waals surface area contributed by atoms with Crippen LogP contribution in [0.1, 0.15) is 17.8 Å². The fourth-order valence-electron chi connectivity index (χ4n) is 2.43. The fraction of sp³-hybridized carbons (Fsp3) is 0.235. The summed E-state index contributed by atoms with van der Waals surface area (Å²) in [5, 5.41) is 13.3. The number of fused-ring (bicyclic) bond motifs is 1. The minimum atomic E-state index is -0.0845. The van der Waals surface area contributed by atoms with E-state index in [-0.39, 0.29) is 24.5 Å². The van der Waals surface area contributed by atoms with Crippen LogP contribution < -0.4 is 14.8 Å². The molecule has 1 amide bonds. The SMILES string of the molecule is C[C@@H](NC(=O)CSc1nnc(-c2ccc3c(c2)OCO3)o1)c1cccs1. The highest BCUT2D eigenvalue weighted by molar-refractivity contribution is 7.99. The highest BCUT2D eigenvalue weighted by Crippen LogP contribution is 2.36. The number of aromatic nitrogens is 2. The summed E-state index contributed by atoms with van der Waals surface area (Å²) < 4.78 is 16.2. The number of nitrogens with one attached hydrogen (secondary N) is 1. The summed E-state index contributed by atoms with van der Waals surface area (Å²) in [5.41, 5.74) is 0.740. The number of hydrogen-bond donors (Lipinski definition) is 1. The van der Waals surface area contributed by atoms with Crippen LogP contribution in [-0.4, -0.2) is 28.7 Å². The smallest absolute Gasteiger partial charge is 0.277 e. The molecule has 0 bridgehead atoms. The van der Waals surface area contributed by atoms with Crippen molar-refractivity contribution in [2.45, 2.75) is 18.2 Å². The summed E-state index contributed by atoms with van der Waals surface area (Å²) in [6.45, 7) is 2.17. The Morgan fingerprint density at radius 3 is 3.04 bits per heavy atom. The van der Waals surface area contributed by atoms with Gasteiger partial charge in [-0.25, -0.2) is 0 Å². The summed E-state index contributed by atoms with van der Waals surface area (Å²) in [7, 11) is 0. The van der Waals surface area contributed by atoms with E-state index in [4.69, 9.17) is 13.9 Å². The van der Waals surface area contributed by atoms with E-state index in [1.807, 2.05) is 30.5 Å². The molecule has 0 fully saturated rings. The van der Waals surface area contributed by atoms with Crippen LogP contribution in [0.15, 0.2) is 45.4 Å². The van der Waals surface area contributed by atoms with E-state index in [9.17, 15) is 4.79 Å². The Kier molecular flexibility index (Phi) is 4.81. The van der Waals surface area contributed by atoms with Crippen molar-refractivity contribution >= 4 is 29.0 Å². The molecule has 0 radical (unpaired) electrons. The van der Waals surface area contributed by atoms with Crippen molar-refractivity contribution in [3.63, 3.8) is 0 Å². The number of ether oxygens (including phenoxy) is 2. The number of thioether (sulfide) groups is 1. The maximum Gasteiger partial charge on any atom is 0.277 e. The van der Waals surface area contributed by atoms with E-state index in [1.54, 1.807) is 23.5 Å². The minimum absolute atomic E-state index is 0.0185. The lowest BCUT2D eigenvalue weighted by Crippen LogP contribution is -2.27. The zero-order valence-corrected chi connectivity index (χ0v) is 15.4. The van der Waals surface area contributed by atoms with Crippen LogP contribution in [0, 0.1) is 0 Å². The summed E-state index contributed by atoms with van der Waals surface area (Å²) >= 11 is 2.82. The molecule has 1 aliphatic heterocycles. The summed E-state index contributed by atoms with van der Waals surface area (Å²) in [6.07, 6.45) is 0. The predicted octanol–water partition coefficient (Wildman–Crippen LogP) is 3.50. The van der Waals surface area contributed by atoms with E-state index in [0.29, 0.717) is 22.6 Å². The summed E-state index contributed by atoms with van der Waals surface area (Å²) in [6, 6.07) is 9.36. The van der Waals surface area contributed by atoms with Gasteiger partial charge in [0.25, 0.3) is 5.22 Å². The molecule has 2 aromatic heterocycles. The lowest BCUT2D eigenvalue weighted by Gasteiger charge is -2.11. The molecular formula is C17H15N3O4S2. The molecule has 1 aromatic carbocycles. The lowest BCUT2D eigenvalue weighted by molar-refractivity contribution is -0.119. The second-order valence-electron chi connectivity index (χ2n) is 5.53. The molecular weight excluding hydrogens is 374 g/mol. The normalized spacial score (nSPS) is 13.6. The fourth-order valence-corrected chi connectivity index (χ4v) is 3.74. The number of rotatable bonds is 6. The van der Waals surface area contributed by atoms with Crippen molar-refractivity contribution < 1.29 is 18.7 Å². The minimum Gasteiger partial charge on any atom is -0.454 e. The number of carbonyl (C=O) groups excluding carboxylic acids is 1. The molecule has 134 valence electrons. The van der Waals surface area contributed by atoms with Crippen molar-refractivity contribution in [3.8, 4) is 23.0 Å². The standard InChI is InChI=1S/C17H15N3O4S2/c1-10(14-3-2-6-25-14)18-15(21)8-26-17-20-19-16(24-17)11-4-5-12-13(7-11)23-9-22-12/h2-7,10H,8-9H2,1H3,(H,18,21)/t10-/m1/s1. The third-order valence-electron chi connectivity index (χ3n) is 3.70. The number of thiophene rings is 1. The van der Waals surface area contributed by atoms with Gasteiger partial charge in [0, 0.05) is 10.4 Å². The van der Waals surface area contributed by atoms with Gasteiger partial charge in [-0.05, 0) is 36.6 Å². The van der Waals surface area contributed by atoms with Crippen LogP contribution in [0.3, 0.4) is 0 Å². The van der Waals surface area contributed by atoms with Gasteiger partial charge >= 0.3 is 0 Å². The first-order valence-electron chi connectivity index (χ1n) is 7.88. The molecule has 1 atom stereocenters. The Hall–Kier alpha value is -2.52. The topological polar surface area (TPSA) is 86.5 Å². The van der Waals surface area contributed by atoms with E-state index >= 15 is 0 Å². The molecule has 0 spiro atoms. The van der Waals surface area contributed by atoms with Crippen molar-refractivity contribution in [3.05, 3.63) is 40.6 Å². The number of hydrogen-bond acceptors (Lipinski definition) is 8. The predicted molar refractivity (Wildman–Crippen MR) is 97.5 cm³/mol. The van der Waals surface area contributed by atoms with Gasteiger partial charge in [-0.3, -0.25) is 4.79 Å². The molecule has 4 rings (SSSR count). The number of amides is 1. The first-order valence-corrected chi connectivity index (χ1v) is 9.74. The van der Waals surface area contributed by atoms with Crippen molar-refractivity contribution in [2.24, 2.45) is 0 Å². The molecule has 0 saturated carbocycles. The molecule has 26 heavy (non-hydrogen) atoms. The van der Waals surface area contributed by atoms with Crippen LogP contribution in [0.25, 0.3) is 11.5 Å². The molecule has 1 N–H and O–H groups in total. The number of nitrogens with zero attached hydrogens (tertiary/aromatic N) is 2. The lowest BCUT2D eigenvalue weighted by atomic mass is 10.2. The molecule has 0 saturated heterocycles. The maximum absolute atomic E-state index is 12.1. The Morgan fingerprint density at radius 1 is 1.31 bits per heavy atom. The Balaban J connectivity index is 1.34. The van der Waals surface area contributed by atoms with Gasteiger partial charge in [0.05, 0.1) is 11.8 Å². The monoisotopic (exact) mass is 389 g/mol. The first-order chi connectivity index (χ1) is 12.7. The second kappa shape index (κ2) is 7.38. The third kappa shape index (κ3) is 3.68. The zero-order chi connectivity index (χ0) is 17.9. The van der Waals surface area contributed by atoms with E-state index in [1.165, 1.54) is 11.8 Å². The maximum atomic E-state index is 12.1. The van der Waals surface area contributed by atoms with Crippen LogP contribution >= 0.6 is 23.1 Å². The molecule has 3 heterocycles. The second-order valence-corrected chi connectivity index (χ2v) is 7.44. The van der Waals surface area contributed by atoms with Crippen LogP contribution in [0.4, 0.5) is 0 Å². The Morgan fingerprint density at radius 2 is 2.19 bits per heavy atom. The largest absolute Gasteiger partial charge is 0.454 e. The number of benzene rings is 1. The van der Waals surface area contributed by atoms with E-state index < -0.39 is 0 Å². The average molecular weight is 389 g/mol. The van der Waals surface area contributed by atoms with Crippen LogP contribution in [-0.2, 0) is 4.79 Å². The molecule has 0 unspecified atom stereocenters. The van der Waals surface area contributed by atoms with Gasteiger partial charge in [-0.15, -0.1) is 21.5 Å². The average Bonchev–Trinajstić information content (AvgIpc) is 3.40. The van der Waals surface area contributed by atoms with Gasteiger partial charge < -0.3 is 19.2 Å². The van der Waals surface area contributed by atoms with E-state index in [0.717, 1.165) is 10.4 Å². The van der Waals surface area contributed by atoms with Gasteiger partial charge in [0.1, 0.15) is 0 Å². The summed E-state index contributed by atoms with van der Waals surface area (Å²) in [5.74, 6) is 1.84. The number of carbonyl (C=O) groups is 1. The quantitative estimate of drug-likeness (QED) is 0.646. The van der Waals surface area contributed by atoms with Crippen molar-refractivity contribution in [1.29, 1.82) is 0 Å². The molecule has 9 heteroatoms. The van der Waals surface area contributed by atoms with Crippen molar-refractivity contribution in [1.82, 2.24) is 15.5 Å². The molecule has 3 aromatic rings. The van der Waals surface area contributed by atoms with Crippen molar-refractivity contribution in [2.75, 3.05) is 12.5 Å². The third-order valence-corrected chi connectivity index (χ3v) is 5.57. The molecule has 7 nitrogen and oxygen atoms in total. The van der Waals surface area contributed by atoms with Crippen LogP contribution in [0.2, 0.25) is 0 Å². The Bertz CT molecular complexity index is 911. The van der Waals surface area contributed by atoms with Gasteiger partial charge in [0.15, 0.2) is 11.5 Å². The zero-order valence-electron chi connectivity index (χ0n) is 13.8.